The van der Waals surface area contributed by atoms with Crippen molar-refractivity contribution in [1.82, 2.24) is 9.88 Å². The summed E-state index contributed by atoms with van der Waals surface area (Å²) in [6.45, 7) is 0. The first-order valence-electron chi connectivity index (χ1n) is 9.32. The Bertz CT molecular complexity index is 843. The molecule has 0 radical (unpaired) electrons. The van der Waals surface area contributed by atoms with Gasteiger partial charge in [-0.25, -0.2) is 4.79 Å². The number of amides is 1. The van der Waals surface area contributed by atoms with Gasteiger partial charge >= 0.3 is 5.97 Å². The Morgan fingerprint density at radius 1 is 1.12 bits per heavy atom. The van der Waals surface area contributed by atoms with Crippen LogP contribution in [0.5, 0.6) is 0 Å². The second-order valence-corrected chi connectivity index (χ2v) is 7.60. The van der Waals surface area contributed by atoms with E-state index in [0.717, 1.165) is 25.7 Å². The van der Waals surface area contributed by atoms with Gasteiger partial charge in [0.25, 0.3) is 11.5 Å². The van der Waals surface area contributed by atoms with Crippen LogP contribution < -0.4 is 5.56 Å². The van der Waals surface area contributed by atoms with Crippen molar-refractivity contribution in [2.24, 2.45) is 5.92 Å². The fourth-order valence-electron chi connectivity index (χ4n) is 4.85. The number of likely N-dealkylation sites (tertiary alicyclic amines) is 1. The highest BCUT2D eigenvalue weighted by molar-refractivity contribution is 6.02. The number of aryl methyl sites for hydroxylation is 1. The van der Waals surface area contributed by atoms with Crippen LogP contribution in [-0.2, 0) is 11.2 Å². The summed E-state index contributed by atoms with van der Waals surface area (Å²) in [6.07, 6.45) is 5.81. The van der Waals surface area contributed by atoms with Gasteiger partial charge in [0, 0.05) is 23.7 Å². The topological polar surface area (TPSA) is 108 Å². The minimum atomic E-state index is -1.03. The molecule has 138 valence electrons. The number of carbonyl (C=O) groups excluding carboxylic acids is 2. The molecule has 4 rings (SSSR count). The van der Waals surface area contributed by atoms with Crippen molar-refractivity contribution in [1.29, 1.82) is 0 Å². The van der Waals surface area contributed by atoms with Gasteiger partial charge in [0.15, 0.2) is 5.78 Å². The Morgan fingerprint density at radius 3 is 2.65 bits per heavy atom. The zero-order valence-corrected chi connectivity index (χ0v) is 14.5. The fourth-order valence-corrected chi connectivity index (χ4v) is 4.85. The molecule has 1 saturated heterocycles. The minimum Gasteiger partial charge on any atom is -0.480 e. The Balaban J connectivity index is 1.74. The Labute approximate surface area is 150 Å². The van der Waals surface area contributed by atoms with Crippen LogP contribution in [0.2, 0.25) is 0 Å². The smallest absolute Gasteiger partial charge is 0.326 e. The number of hydrogen-bond donors (Lipinski definition) is 2. The molecule has 7 heteroatoms. The molecule has 1 saturated carbocycles. The molecule has 2 heterocycles. The normalized spacial score (nSPS) is 27.8. The highest BCUT2D eigenvalue weighted by Gasteiger charge is 2.48. The summed E-state index contributed by atoms with van der Waals surface area (Å²) >= 11 is 0. The van der Waals surface area contributed by atoms with Crippen LogP contribution in [0, 0.1) is 5.92 Å². The van der Waals surface area contributed by atoms with Gasteiger partial charge in [0.05, 0.1) is 0 Å². The number of carboxylic acids is 1. The maximum Gasteiger partial charge on any atom is 0.326 e. The number of ketones is 1. The number of Topliss-reactive ketones (excluding diaryl/α,β-unsaturated/α-hetero) is 1. The van der Waals surface area contributed by atoms with E-state index in [2.05, 4.69) is 4.98 Å². The predicted octanol–water partition coefficient (Wildman–Crippen LogP) is 1.75. The van der Waals surface area contributed by atoms with Gasteiger partial charge in [-0.2, -0.15) is 0 Å². The van der Waals surface area contributed by atoms with Crippen molar-refractivity contribution in [3.8, 4) is 0 Å². The summed E-state index contributed by atoms with van der Waals surface area (Å²) < 4.78 is 0. The molecule has 0 bridgehead atoms. The second kappa shape index (κ2) is 6.37. The molecular formula is C19H22N2O5. The van der Waals surface area contributed by atoms with Crippen molar-refractivity contribution in [3.63, 3.8) is 0 Å². The first-order chi connectivity index (χ1) is 12.5. The molecule has 3 aliphatic rings. The number of aromatic nitrogens is 1. The van der Waals surface area contributed by atoms with E-state index in [4.69, 9.17) is 0 Å². The van der Waals surface area contributed by atoms with E-state index >= 15 is 0 Å². The molecule has 1 aromatic rings. The molecule has 2 N–H and O–H groups in total. The van der Waals surface area contributed by atoms with Crippen LogP contribution in [0.3, 0.4) is 0 Å². The van der Waals surface area contributed by atoms with Crippen molar-refractivity contribution in [3.05, 3.63) is 33.2 Å². The number of carbonyl (C=O) groups is 3. The van der Waals surface area contributed by atoms with Gasteiger partial charge in [0.2, 0.25) is 0 Å². The van der Waals surface area contributed by atoms with Crippen molar-refractivity contribution >= 4 is 17.7 Å². The summed E-state index contributed by atoms with van der Waals surface area (Å²) in [5, 5.41) is 9.60. The number of rotatable bonds is 2. The molecule has 7 nitrogen and oxygen atoms in total. The van der Waals surface area contributed by atoms with Crippen molar-refractivity contribution in [2.45, 2.75) is 63.5 Å². The SMILES string of the molecule is O=C1CCCc2[nH]c(=O)c(C(=O)N3C(C(=O)O)CC4CCCCC43)cc21. The van der Waals surface area contributed by atoms with Crippen LogP contribution in [0.4, 0.5) is 0 Å². The lowest BCUT2D eigenvalue weighted by Crippen LogP contribution is -2.47. The molecule has 3 unspecified atom stereocenters. The van der Waals surface area contributed by atoms with Gasteiger partial charge in [-0.3, -0.25) is 14.4 Å². The lowest BCUT2D eigenvalue weighted by atomic mass is 9.84. The van der Waals surface area contributed by atoms with E-state index in [1.54, 1.807) is 0 Å². The van der Waals surface area contributed by atoms with Gasteiger partial charge in [-0.1, -0.05) is 12.8 Å². The number of carboxylic acid groups (broad SMARTS) is 1. The van der Waals surface area contributed by atoms with Gasteiger partial charge in [-0.05, 0) is 44.1 Å². The third-order valence-electron chi connectivity index (χ3n) is 6.09. The Morgan fingerprint density at radius 2 is 1.88 bits per heavy atom. The summed E-state index contributed by atoms with van der Waals surface area (Å²) in [5.74, 6) is -1.50. The zero-order chi connectivity index (χ0) is 18.4. The number of hydrogen-bond acceptors (Lipinski definition) is 4. The maximum absolute atomic E-state index is 13.2. The Kier molecular flexibility index (Phi) is 4.17. The molecule has 2 aliphatic carbocycles. The highest BCUT2D eigenvalue weighted by Crippen LogP contribution is 2.40. The Hall–Kier alpha value is -2.44. The van der Waals surface area contributed by atoms with Crippen molar-refractivity contribution < 1.29 is 19.5 Å². The molecule has 3 atom stereocenters. The van der Waals surface area contributed by atoms with Gasteiger partial charge in [0.1, 0.15) is 11.6 Å². The number of aromatic amines is 1. The van der Waals surface area contributed by atoms with E-state index in [1.807, 2.05) is 0 Å². The summed E-state index contributed by atoms with van der Waals surface area (Å²) in [7, 11) is 0. The van der Waals surface area contributed by atoms with Crippen LogP contribution >= 0.6 is 0 Å². The third-order valence-corrected chi connectivity index (χ3v) is 6.09. The zero-order valence-electron chi connectivity index (χ0n) is 14.5. The second-order valence-electron chi connectivity index (χ2n) is 7.60. The van der Waals surface area contributed by atoms with Crippen LogP contribution in [-0.4, -0.2) is 44.7 Å². The number of H-pyrrole nitrogens is 1. The van der Waals surface area contributed by atoms with E-state index in [1.165, 1.54) is 11.0 Å². The van der Waals surface area contributed by atoms with Crippen molar-refractivity contribution in [2.75, 3.05) is 0 Å². The summed E-state index contributed by atoms with van der Waals surface area (Å²) in [6, 6.07) is 0.345. The van der Waals surface area contributed by atoms with E-state index in [9.17, 15) is 24.3 Å². The fraction of sp³-hybridized carbons (Fsp3) is 0.579. The molecule has 1 aliphatic heterocycles. The number of fused-ring (bicyclic) bond motifs is 2. The third kappa shape index (κ3) is 2.66. The maximum atomic E-state index is 13.2. The average molecular weight is 358 g/mol. The molecule has 0 spiro atoms. The molecular weight excluding hydrogens is 336 g/mol. The van der Waals surface area contributed by atoms with E-state index in [-0.39, 0.29) is 23.3 Å². The van der Waals surface area contributed by atoms with E-state index < -0.39 is 23.5 Å². The average Bonchev–Trinajstić information content (AvgIpc) is 3.01. The number of aliphatic carboxylic acids is 1. The van der Waals surface area contributed by atoms with Gasteiger partial charge in [-0.15, -0.1) is 0 Å². The number of pyridine rings is 1. The molecule has 1 amide bonds. The lowest BCUT2D eigenvalue weighted by Gasteiger charge is -2.33. The first kappa shape index (κ1) is 17.0. The van der Waals surface area contributed by atoms with Gasteiger partial charge < -0.3 is 15.0 Å². The quantitative estimate of drug-likeness (QED) is 0.837. The van der Waals surface area contributed by atoms with Crippen LogP contribution in [0.25, 0.3) is 0 Å². The van der Waals surface area contributed by atoms with Crippen LogP contribution in [0.1, 0.15) is 71.4 Å². The predicted molar refractivity (Wildman–Crippen MR) is 92.3 cm³/mol. The number of nitrogens with one attached hydrogen (secondary N) is 1. The number of nitrogens with zero attached hydrogens (tertiary/aromatic N) is 1. The highest BCUT2D eigenvalue weighted by atomic mass is 16.4. The summed E-state index contributed by atoms with van der Waals surface area (Å²) in [5.41, 5.74) is 0.323. The first-order valence-corrected chi connectivity index (χ1v) is 9.32. The lowest BCUT2D eigenvalue weighted by molar-refractivity contribution is -0.141. The molecule has 26 heavy (non-hydrogen) atoms. The largest absolute Gasteiger partial charge is 0.480 e. The molecule has 0 aromatic carbocycles. The summed E-state index contributed by atoms with van der Waals surface area (Å²) in [4.78, 5) is 53.6. The molecule has 1 aromatic heterocycles. The van der Waals surface area contributed by atoms with E-state index in [0.29, 0.717) is 36.9 Å². The molecule has 2 fully saturated rings. The minimum absolute atomic E-state index is 0.0803. The monoisotopic (exact) mass is 358 g/mol. The standard InChI is InChI=1S/C19H22N2O5/c22-16-7-3-5-13-11(16)9-12(17(23)20-13)18(24)21-14-6-2-1-4-10(14)8-15(21)19(25)26/h9-10,14-15H,1-8H2,(H,20,23)(H,25,26). The van der Waals surface area contributed by atoms with Crippen LogP contribution in [0.15, 0.2) is 10.9 Å².